The number of hydrogen-bond acceptors (Lipinski definition) is 1. The van der Waals surface area contributed by atoms with Gasteiger partial charge in [0.1, 0.15) is 5.75 Å². The molecule has 0 saturated carbocycles. The Hall–Kier alpha value is -1.13. The minimum atomic E-state index is 0.236. The van der Waals surface area contributed by atoms with Crippen molar-refractivity contribution in [3.8, 4) is 17.0 Å². The molecule has 0 unspecified atom stereocenters. The third kappa shape index (κ3) is 1.68. The summed E-state index contributed by atoms with van der Waals surface area (Å²) in [6, 6.07) is 6.53. The Labute approximate surface area is 64.3 Å². The first-order valence-electron chi connectivity index (χ1n) is 2.73. The lowest BCUT2D eigenvalue weighted by Gasteiger charge is -1.89. The molecule has 0 aliphatic carbocycles. The van der Waals surface area contributed by atoms with Gasteiger partial charge in [0, 0.05) is 10.9 Å². The van der Waals surface area contributed by atoms with Crippen LogP contribution in [-0.4, -0.2) is 5.11 Å². The van der Waals surface area contributed by atoms with Crippen molar-refractivity contribution in [3.63, 3.8) is 0 Å². The fraction of sp³-hybridized carbons (Fsp3) is 0. The number of benzene rings is 1. The van der Waals surface area contributed by atoms with Crippen LogP contribution in [0.15, 0.2) is 24.3 Å². The van der Waals surface area contributed by atoms with E-state index in [9.17, 15) is 0 Å². The summed E-state index contributed by atoms with van der Waals surface area (Å²) in [4.78, 5) is 0. The molecule has 50 valence electrons. The molecule has 1 nitrogen and oxygen atoms in total. The van der Waals surface area contributed by atoms with E-state index in [4.69, 9.17) is 16.7 Å². The van der Waals surface area contributed by atoms with E-state index in [1.165, 1.54) is 0 Å². The molecule has 0 aliphatic heterocycles. The first-order chi connectivity index (χ1) is 4.83. The van der Waals surface area contributed by atoms with Crippen molar-refractivity contribution < 1.29 is 5.11 Å². The van der Waals surface area contributed by atoms with Gasteiger partial charge >= 0.3 is 0 Å². The zero-order valence-corrected chi connectivity index (χ0v) is 5.89. The van der Waals surface area contributed by atoms with E-state index in [1.807, 2.05) is 0 Å². The molecule has 0 bridgehead atoms. The average Bonchev–Trinajstić information content (AvgIpc) is 1.95. The molecule has 0 amide bonds. The molecular weight excluding hydrogens is 148 g/mol. The van der Waals surface area contributed by atoms with Crippen LogP contribution in [0.25, 0.3) is 0 Å². The van der Waals surface area contributed by atoms with E-state index >= 15 is 0 Å². The summed E-state index contributed by atoms with van der Waals surface area (Å²) in [5, 5.41) is 11.1. The second kappa shape index (κ2) is 3.14. The lowest BCUT2D eigenvalue weighted by Crippen LogP contribution is -1.69. The number of halogens is 1. The quantitative estimate of drug-likeness (QED) is 0.564. The summed E-state index contributed by atoms with van der Waals surface area (Å²) < 4.78 is 0. The molecule has 0 aromatic heterocycles. The molecule has 0 spiro atoms. The molecule has 0 saturated heterocycles. The maximum absolute atomic E-state index is 8.84. The first-order valence-corrected chi connectivity index (χ1v) is 3.11. The standard InChI is InChI=1S/C8H5ClO/c9-6-5-7-1-3-8(10)4-2-7/h1-4,10H. The third-order valence-electron chi connectivity index (χ3n) is 1.06. The average molecular weight is 153 g/mol. The molecule has 0 atom stereocenters. The first kappa shape index (κ1) is 6.98. The van der Waals surface area contributed by atoms with Crippen LogP contribution in [0.2, 0.25) is 0 Å². The van der Waals surface area contributed by atoms with Gasteiger partial charge in [0.05, 0.1) is 0 Å². The molecule has 0 aliphatic rings. The Morgan fingerprint density at radius 1 is 1.20 bits per heavy atom. The summed E-state index contributed by atoms with van der Waals surface area (Å²) >= 11 is 5.15. The van der Waals surface area contributed by atoms with Gasteiger partial charge in [-0.2, -0.15) is 0 Å². The van der Waals surface area contributed by atoms with Gasteiger partial charge in [-0.05, 0) is 41.8 Å². The molecule has 0 fully saturated rings. The summed E-state index contributed by atoms with van der Waals surface area (Å²) in [5.74, 6) is 2.88. The summed E-state index contributed by atoms with van der Waals surface area (Å²) in [6.07, 6.45) is 0. The van der Waals surface area contributed by atoms with Crippen molar-refractivity contribution in [2.24, 2.45) is 0 Å². The Kier molecular flexibility index (Phi) is 2.20. The minimum absolute atomic E-state index is 0.236. The Bertz CT molecular complexity index is 266. The SMILES string of the molecule is Oc1ccc(C#CCl)cc1. The monoisotopic (exact) mass is 152 g/mol. The van der Waals surface area contributed by atoms with Gasteiger partial charge in [-0.3, -0.25) is 0 Å². The van der Waals surface area contributed by atoms with Gasteiger partial charge in [0.15, 0.2) is 0 Å². The van der Waals surface area contributed by atoms with Crippen LogP contribution in [0.4, 0.5) is 0 Å². The van der Waals surface area contributed by atoms with Crippen molar-refractivity contribution in [1.82, 2.24) is 0 Å². The van der Waals surface area contributed by atoms with Crippen LogP contribution in [0.1, 0.15) is 5.56 Å². The molecule has 0 heterocycles. The molecular formula is C8H5ClO. The highest BCUT2D eigenvalue weighted by Gasteiger charge is 1.85. The van der Waals surface area contributed by atoms with Crippen molar-refractivity contribution in [1.29, 1.82) is 0 Å². The van der Waals surface area contributed by atoms with Crippen LogP contribution < -0.4 is 0 Å². The van der Waals surface area contributed by atoms with Crippen LogP contribution in [0.5, 0.6) is 5.75 Å². The van der Waals surface area contributed by atoms with Gasteiger partial charge in [0.25, 0.3) is 0 Å². The van der Waals surface area contributed by atoms with Crippen LogP contribution in [0.3, 0.4) is 0 Å². The molecule has 10 heavy (non-hydrogen) atoms. The Balaban J connectivity index is 2.97. The lowest BCUT2D eigenvalue weighted by molar-refractivity contribution is 0.475. The predicted octanol–water partition coefficient (Wildman–Crippen LogP) is 1.94. The van der Waals surface area contributed by atoms with Crippen LogP contribution >= 0.6 is 11.6 Å². The van der Waals surface area contributed by atoms with E-state index in [2.05, 4.69) is 11.3 Å². The van der Waals surface area contributed by atoms with E-state index < -0.39 is 0 Å². The van der Waals surface area contributed by atoms with E-state index in [0.717, 1.165) is 5.56 Å². The predicted molar refractivity (Wildman–Crippen MR) is 40.8 cm³/mol. The highest BCUT2D eigenvalue weighted by molar-refractivity contribution is 6.30. The molecule has 1 rings (SSSR count). The largest absolute Gasteiger partial charge is 0.508 e. The molecule has 1 N–H and O–H groups in total. The fourth-order valence-corrected chi connectivity index (χ4v) is 0.708. The third-order valence-corrected chi connectivity index (χ3v) is 1.15. The maximum atomic E-state index is 8.84. The van der Waals surface area contributed by atoms with E-state index in [1.54, 1.807) is 24.3 Å². The number of rotatable bonds is 0. The minimum Gasteiger partial charge on any atom is -0.508 e. The molecule has 0 radical (unpaired) electrons. The number of aromatic hydroxyl groups is 1. The Morgan fingerprint density at radius 2 is 1.80 bits per heavy atom. The number of phenolic OH excluding ortho intramolecular Hbond substituents is 1. The highest BCUT2D eigenvalue weighted by Crippen LogP contribution is 2.08. The van der Waals surface area contributed by atoms with Crippen molar-refractivity contribution in [2.45, 2.75) is 0 Å². The van der Waals surface area contributed by atoms with Gasteiger partial charge in [-0.25, -0.2) is 0 Å². The lowest BCUT2D eigenvalue weighted by atomic mass is 10.2. The second-order valence-corrected chi connectivity index (χ2v) is 1.96. The molecule has 2 heteroatoms. The van der Waals surface area contributed by atoms with Gasteiger partial charge in [-0.15, -0.1) is 0 Å². The smallest absolute Gasteiger partial charge is 0.115 e. The van der Waals surface area contributed by atoms with Crippen LogP contribution in [0, 0.1) is 11.3 Å². The summed E-state index contributed by atoms with van der Waals surface area (Å²) in [5.41, 5.74) is 0.799. The summed E-state index contributed by atoms with van der Waals surface area (Å²) in [6.45, 7) is 0. The van der Waals surface area contributed by atoms with Crippen molar-refractivity contribution in [2.75, 3.05) is 0 Å². The van der Waals surface area contributed by atoms with Gasteiger partial charge in [0.2, 0.25) is 0 Å². The highest BCUT2D eigenvalue weighted by atomic mass is 35.5. The molecule has 1 aromatic carbocycles. The van der Waals surface area contributed by atoms with Gasteiger partial charge < -0.3 is 5.11 Å². The Morgan fingerprint density at radius 3 is 2.30 bits per heavy atom. The summed E-state index contributed by atoms with van der Waals surface area (Å²) in [7, 11) is 0. The molecule has 1 aromatic rings. The topological polar surface area (TPSA) is 20.2 Å². The fourth-order valence-electron chi connectivity index (χ4n) is 0.599. The van der Waals surface area contributed by atoms with Crippen molar-refractivity contribution >= 4 is 11.6 Å². The second-order valence-electron chi connectivity index (χ2n) is 1.77. The van der Waals surface area contributed by atoms with Gasteiger partial charge in [-0.1, -0.05) is 0 Å². The zero-order valence-electron chi connectivity index (χ0n) is 5.13. The van der Waals surface area contributed by atoms with E-state index in [0.29, 0.717) is 0 Å². The van der Waals surface area contributed by atoms with Crippen molar-refractivity contribution in [3.05, 3.63) is 29.8 Å². The number of phenols is 1. The maximum Gasteiger partial charge on any atom is 0.115 e. The van der Waals surface area contributed by atoms with E-state index in [-0.39, 0.29) is 5.75 Å². The number of hydrogen-bond donors (Lipinski definition) is 1. The van der Waals surface area contributed by atoms with Crippen LogP contribution in [-0.2, 0) is 0 Å². The normalized spacial score (nSPS) is 8.10. The zero-order chi connectivity index (χ0) is 7.40.